The second-order valence-corrected chi connectivity index (χ2v) is 8.56. The van der Waals surface area contributed by atoms with Gasteiger partial charge in [0, 0.05) is 17.7 Å². The van der Waals surface area contributed by atoms with Gasteiger partial charge in [0.05, 0.1) is 12.5 Å². The lowest BCUT2D eigenvalue weighted by Gasteiger charge is -2.16. The number of carboxylic acid groups (broad SMARTS) is 1. The first-order valence-corrected chi connectivity index (χ1v) is 11.2. The van der Waals surface area contributed by atoms with Crippen LogP contribution in [-0.2, 0) is 17.6 Å². The van der Waals surface area contributed by atoms with Gasteiger partial charge in [0.1, 0.15) is 5.75 Å². The predicted octanol–water partition coefficient (Wildman–Crippen LogP) is 5.75. The Morgan fingerprint density at radius 3 is 2.21 bits per heavy atom. The number of benzene rings is 3. The van der Waals surface area contributed by atoms with E-state index in [1.807, 2.05) is 69.3 Å². The Labute approximate surface area is 195 Å². The topological polar surface area (TPSA) is 75.6 Å². The zero-order valence-electron chi connectivity index (χ0n) is 19.6. The number of ether oxygens (including phenoxy) is 1. The van der Waals surface area contributed by atoms with Crippen LogP contribution in [0, 0.1) is 26.7 Å². The molecule has 0 spiro atoms. The van der Waals surface area contributed by atoms with E-state index in [4.69, 9.17) is 4.74 Å². The normalized spacial score (nSPS) is 11.6. The van der Waals surface area contributed by atoms with Crippen molar-refractivity contribution < 1.29 is 19.4 Å². The Hall–Kier alpha value is -3.60. The molecule has 2 N–H and O–H groups in total. The first kappa shape index (κ1) is 24.1. The number of aryl methyl sites for hydroxylation is 3. The molecule has 3 aromatic carbocycles. The first-order chi connectivity index (χ1) is 15.7. The zero-order valence-corrected chi connectivity index (χ0v) is 19.6. The maximum atomic E-state index is 13.1. The molecule has 5 nitrogen and oxygen atoms in total. The predicted molar refractivity (Wildman–Crippen MR) is 131 cm³/mol. The van der Waals surface area contributed by atoms with E-state index in [9.17, 15) is 14.7 Å². The van der Waals surface area contributed by atoms with E-state index in [1.54, 1.807) is 6.92 Å². The number of rotatable bonds is 9. The maximum Gasteiger partial charge on any atom is 0.306 e. The van der Waals surface area contributed by atoms with Crippen LogP contribution >= 0.6 is 0 Å². The van der Waals surface area contributed by atoms with E-state index in [0.717, 1.165) is 34.4 Å². The summed E-state index contributed by atoms with van der Waals surface area (Å²) in [6.45, 7) is 7.98. The van der Waals surface area contributed by atoms with Crippen molar-refractivity contribution in [3.8, 4) is 5.75 Å². The number of aliphatic carboxylic acids is 1. The monoisotopic (exact) mass is 445 g/mol. The minimum absolute atomic E-state index is 0.188. The Bertz CT molecular complexity index is 1110. The summed E-state index contributed by atoms with van der Waals surface area (Å²) in [7, 11) is 0. The molecule has 0 radical (unpaired) electrons. The van der Waals surface area contributed by atoms with E-state index in [1.165, 1.54) is 5.56 Å². The molecule has 33 heavy (non-hydrogen) atoms. The van der Waals surface area contributed by atoms with E-state index >= 15 is 0 Å². The van der Waals surface area contributed by atoms with Crippen LogP contribution in [0.25, 0.3) is 0 Å². The van der Waals surface area contributed by atoms with Gasteiger partial charge in [-0.3, -0.25) is 9.59 Å². The molecule has 1 unspecified atom stereocenters. The van der Waals surface area contributed by atoms with Gasteiger partial charge in [-0.15, -0.1) is 0 Å². The number of anilines is 1. The highest BCUT2D eigenvalue weighted by atomic mass is 16.5. The molecule has 0 saturated carbocycles. The molecule has 0 aromatic heterocycles. The van der Waals surface area contributed by atoms with Crippen molar-refractivity contribution >= 4 is 17.6 Å². The fraction of sp³-hybridized carbons (Fsp3) is 0.286. The molecule has 0 bridgehead atoms. The summed E-state index contributed by atoms with van der Waals surface area (Å²) < 4.78 is 5.94. The second kappa shape index (κ2) is 10.8. The van der Waals surface area contributed by atoms with Gasteiger partial charge in [0.2, 0.25) is 0 Å². The highest BCUT2D eigenvalue weighted by Crippen LogP contribution is 2.25. The summed E-state index contributed by atoms with van der Waals surface area (Å²) in [5.41, 5.74) is 6.02. The SMILES string of the molecule is Cc1ccc(CC(C)C(=O)O)cc1NC(=O)c1c(C)cc(OCCc2ccccc2)cc1C. The molecule has 172 valence electrons. The van der Waals surface area contributed by atoms with Crippen LogP contribution in [0.4, 0.5) is 5.69 Å². The summed E-state index contributed by atoms with van der Waals surface area (Å²) in [4.78, 5) is 24.3. The van der Waals surface area contributed by atoms with Crippen molar-refractivity contribution in [2.24, 2.45) is 5.92 Å². The molecule has 0 aliphatic carbocycles. The van der Waals surface area contributed by atoms with Gasteiger partial charge in [-0.05, 0) is 73.2 Å². The number of carbonyl (C=O) groups is 2. The lowest BCUT2D eigenvalue weighted by atomic mass is 9.98. The molecule has 0 saturated heterocycles. The van der Waals surface area contributed by atoms with E-state index in [2.05, 4.69) is 17.4 Å². The van der Waals surface area contributed by atoms with Gasteiger partial charge >= 0.3 is 5.97 Å². The van der Waals surface area contributed by atoms with Gasteiger partial charge in [0.25, 0.3) is 5.91 Å². The van der Waals surface area contributed by atoms with E-state index in [0.29, 0.717) is 24.3 Å². The van der Waals surface area contributed by atoms with Crippen LogP contribution in [0.3, 0.4) is 0 Å². The summed E-state index contributed by atoms with van der Waals surface area (Å²) in [6.07, 6.45) is 1.23. The van der Waals surface area contributed by atoms with Crippen LogP contribution < -0.4 is 10.1 Å². The highest BCUT2D eigenvalue weighted by Gasteiger charge is 2.17. The Morgan fingerprint density at radius 1 is 0.909 bits per heavy atom. The Kier molecular flexibility index (Phi) is 7.88. The maximum absolute atomic E-state index is 13.1. The molecule has 0 fully saturated rings. The molecule has 3 aromatic rings. The molecule has 0 aliphatic rings. The summed E-state index contributed by atoms with van der Waals surface area (Å²) in [5.74, 6) is -0.764. The quantitative estimate of drug-likeness (QED) is 0.440. The third-order valence-corrected chi connectivity index (χ3v) is 5.75. The Morgan fingerprint density at radius 2 is 1.58 bits per heavy atom. The number of carbonyl (C=O) groups excluding carboxylic acids is 1. The van der Waals surface area contributed by atoms with Gasteiger partial charge in [-0.2, -0.15) is 0 Å². The summed E-state index contributed by atoms with van der Waals surface area (Å²) in [6, 6.07) is 19.6. The summed E-state index contributed by atoms with van der Waals surface area (Å²) >= 11 is 0. The molecule has 1 atom stereocenters. The molecular formula is C28H31NO4. The van der Waals surface area contributed by atoms with Crippen molar-refractivity contribution in [3.63, 3.8) is 0 Å². The number of carboxylic acids is 1. The molecule has 3 rings (SSSR count). The van der Waals surface area contributed by atoms with Crippen LogP contribution in [0.2, 0.25) is 0 Å². The first-order valence-electron chi connectivity index (χ1n) is 11.2. The van der Waals surface area contributed by atoms with Crippen molar-refractivity contribution in [2.75, 3.05) is 11.9 Å². The Balaban J connectivity index is 1.70. The number of hydrogen-bond donors (Lipinski definition) is 2. The van der Waals surface area contributed by atoms with Crippen LogP contribution in [0.1, 0.15) is 45.1 Å². The molecule has 0 heterocycles. The van der Waals surface area contributed by atoms with Crippen molar-refractivity contribution in [2.45, 2.75) is 40.5 Å². The van der Waals surface area contributed by atoms with Crippen LogP contribution in [0.15, 0.2) is 60.7 Å². The van der Waals surface area contributed by atoms with Crippen LogP contribution in [0.5, 0.6) is 5.75 Å². The number of nitrogens with one attached hydrogen (secondary N) is 1. The van der Waals surface area contributed by atoms with Crippen molar-refractivity contribution in [3.05, 3.63) is 94.0 Å². The van der Waals surface area contributed by atoms with Gasteiger partial charge in [0.15, 0.2) is 0 Å². The molecule has 0 aliphatic heterocycles. The van der Waals surface area contributed by atoms with Crippen molar-refractivity contribution in [1.82, 2.24) is 0 Å². The summed E-state index contributed by atoms with van der Waals surface area (Å²) in [5, 5.41) is 12.2. The minimum Gasteiger partial charge on any atom is -0.493 e. The molecule has 1 amide bonds. The fourth-order valence-corrected chi connectivity index (χ4v) is 3.85. The van der Waals surface area contributed by atoms with E-state index < -0.39 is 11.9 Å². The fourth-order valence-electron chi connectivity index (χ4n) is 3.85. The zero-order chi connectivity index (χ0) is 24.0. The van der Waals surface area contributed by atoms with Gasteiger partial charge in [-0.1, -0.05) is 49.4 Å². The third kappa shape index (κ3) is 6.45. The van der Waals surface area contributed by atoms with Crippen molar-refractivity contribution in [1.29, 1.82) is 0 Å². The minimum atomic E-state index is -0.835. The largest absolute Gasteiger partial charge is 0.493 e. The molecular weight excluding hydrogens is 414 g/mol. The average Bonchev–Trinajstić information content (AvgIpc) is 2.76. The average molecular weight is 446 g/mol. The third-order valence-electron chi connectivity index (χ3n) is 5.75. The van der Waals surface area contributed by atoms with Crippen LogP contribution in [-0.4, -0.2) is 23.6 Å². The highest BCUT2D eigenvalue weighted by molar-refractivity contribution is 6.06. The number of amides is 1. The van der Waals surface area contributed by atoms with E-state index in [-0.39, 0.29) is 5.91 Å². The smallest absolute Gasteiger partial charge is 0.306 e. The lowest BCUT2D eigenvalue weighted by Crippen LogP contribution is -2.17. The molecule has 5 heteroatoms. The number of hydrogen-bond acceptors (Lipinski definition) is 3. The van der Waals surface area contributed by atoms with Gasteiger partial charge < -0.3 is 15.2 Å². The lowest BCUT2D eigenvalue weighted by molar-refractivity contribution is -0.141. The standard InChI is InChI=1S/C28H31NO4/c1-18-10-11-23(14-21(4)28(31)32)17-25(18)29-27(30)26-19(2)15-24(16-20(26)3)33-13-12-22-8-6-5-7-9-22/h5-11,15-17,21H,12-14H2,1-4H3,(H,29,30)(H,31,32). The van der Waals surface area contributed by atoms with Gasteiger partial charge in [-0.25, -0.2) is 0 Å². The second-order valence-electron chi connectivity index (χ2n) is 8.56.